The van der Waals surface area contributed by atoms with E-state index in [2.05, 4.69) is 5.32 Å². The Morgan fingerprint density at radius 1 is 1.00 bits per heavy atom. The molecular formula is C20H22N2O4S. The molecule has 0 unspecified atom stereocenters. The molecule has 27 heavy (non-hydrogen) atoms. The predicted molar refractivity (Wildman–Crippen MR) is 102 cm³/mol. The zero-order chi connectivity index (χ0) is 19.4. The summed E-state index contributed by atoms with van der Waals surface area (Å²) in [4.78, 5) is 26.5. The highest BCUT2D eigenvalue weighted by Crippen LogP contribution is 2.23. The van der Waals surface area contributed by atoms with Gasteiger partial charge in [0.05, 0.1) is 10.5 Å². The fourth-order valence-corrected chi connectivity index (χ4v) is 4.07. The normalized spacial score (nSPS) is 13.3. The van der Waals surface area contributed by atoms with E-state index in [9.17, 15) is 18.0 Å². The third-order valence-electron chi connectivity index (χ3n) is 4.58. The summed E-state index contributed by atoms with van der Waals surface area (Å²) < 4.78 is 23.6. The molecule has 0 saturated heterocycles. The van der Waals surface area contributed by atoms with Crippen LogP contribution in [0.25, 0.3) is 0 Å². The first-order valence-corrected chi connectivity index (χ1v) is 10.7. The van der Waals surface area contributed by atoms with Gasteiger partial charge in [0.25, 0.3) is 5.91 Å². The van der Waals surface area contributed by atoms with E-state index in [0.29, 0.717) is 32.5 Å². The Balaban J connectivity index is 1.49. The number of benzene rings is 2. The van der Waals surface area contributed by atoms with E-state index >= 15 is 0 Å². The van der Waals surface area contributed by atoms with Crippen LogP contribution in [-0.2, 0) is 27.7 Å². The highest BCUT2D eigenvalue weighted by molar-refractivity contribution is 7.90. The van der Waals surface area contributed by atoms with Gasteiger partial charge in [-0.05, 0) is 29.7 Å². The molecule has 0 saturated carbocycles. The van der Waals surface area contributed by atoms with Crippen LogP contribution in [0.2, 0.25) is 0 Å². The van der Waals surface area contributed by atoms with Crippen molar-refractivity contribution in [1.82, 2.24) is 10.2 Å². The zero-order valence-corrected chi connectivity index (χ0v) is 16.0. The molecule has 0 aliphatic carbocycles. The van der Waals surface area contributed by atoms with Gasteiger partial charge in [0.15, 0.2) is 9.84 Å². The summed E-state index contributed by atoms with van der Waals surface area (Å²) in [6, 6.07) is 14.1. The van der Waals surface area contributed by atoms with E-state index in [4.69, 9.17) is 0 Å². The standard InChI is InChI=1S/C20H22N2O4S/c1-27(25,26)18-10-5-4-9-17(18)20(24)21-12-6-11-19(23)22-13-15-7-2-3-8-16(15)14-22/h2-5,7-10H,6,11-14H2,1H3,(H,21,24). The summed E-state index contributed by atoms with van der Waals surface area (Å²) in [7, 11) is -3.48. The van der Waals surface area contributed by atoms with Crippen LogP contribution in [-0.4, -0.2) is 37.9 Å². The third kappa shape index (κ3) is 4.54. The molecule has 7 heteroatoms. The topological polar surface area (TPSA) is 83.5 Å². The van der Waals surface area contributed by atoms with Crippen molar-refractivity contribution in [1.29, 1.82) is 0 Å². The van der Waals surface area contributed by atoms with Crippen LogP contribution >= 0.6 is 0 Å². The summed E-state index contributed by atoms with van der Waals surface area (Å²) in [5.74, 6) is -0.394. The molecule has 0 radical (unpaired) electrons. The minimum atomic E-state index is -3.48. The van der Waals surface area contributed by atoms with Gasteiger partial charge >= 0.3 is 0 Å². The molecule has 1 aliphatic heterocycles. The maximum absolute atomic E-state index is 12.3. The Hall–Kier alpha value is -2.67. The lowest BCUT2D eigenvalue weighted by Gasteiger charge is -2.15. The van der Waals surface area contributed by atoms with Crippen LogP contribution in [0.4, 0.5) is 0 Å². The fourth-order valence-electron chi connectivity index (χ4n) is 3.18. The number of sulfone groups is 1. The Kier molecular flexibility index (Phi) is 5.60. The molecule has 1 aliphatic rings. The van der Waals surface area contributed by atoms with Crippen LogP contribution in [0.3, 0.4) is 0 Å². The number of carbonyl (C=O) groups excluding carboxylic acids is 2. The van der Waals surface area contributed by atoms with E-state index in [1.165, 1.54) is 23.3 Å². The average Bonchev–Trinajstić information content (AvgIpc) is 3.08. The number of nitrogens with one attached hydrogen (secondary N) is 1. The monoisotopic (exact) mass is 386 g/mol. The van der Waals surface area contributed by atoms with Gasteiger partial charge in [-0.2, -0.15) is 0 Å². The van der Waals surface area contributed by atoms with Crippen molar-refractivity contribution < 1.29 is 18.0 Å². The number of fused-ring (bicyclic) bond motifs is 1. The van der Waals surface area contributed by atoms with Crippen LogP contribution in [0, 0.1) is 0 Å². The number of carbonyl (C=O) groups is 2. The SMILES string of the molecule is CS(=O)(=O)c1ccccc1C(=O)NCCCC(=O)N1Cc2ccccc2C1. The summed E-state index contributed by atoms with van der Waals surface area (Å²) >= 11 is 0. The first-order valence-electron chi connectivity index (χ1n) is 8.78. The smallest absolute Gasteiger partial charge is 0.252 e. The van der Waals surface area contributed by atoms with E-state index in [1.54, 1.807) is 12.1 Å². The zero-order valence-electron chi connectivity index (χ0n) is 15.1. The molecule has 6 nitrogen and oxygen atoms in total. The quantitative estimate of drug-likeness (QED) is 0.771. The summed E-state index contributed by atoms with van der Waals surface area (Å²) in [5.41, 5.74) is 2.48. The maximum atomic E-state index is 12.3. The Labute approximate surface area is 159 Å². The van der Waals surface area contributed by atoms with E-state index < -0.39 is 15.7 Å². The lowest BCUT2D eigenvalue weighted by Crippen LogP contribution is -2.29. The van der Waals surface area contributed by atoms with Gasteiger partial charge in [0, 0.05) is 32.3 Å². The number of hydrogen-bond acceptors (Lipinski definition) is 4. The minimum Gasteiger partial charge on any atom is -0.352 e. The van der Waals surface area contributed by atoms with Gasteiger partial charge in [0.2, 0.25) is 5.91 Å². The number of hydrogen-bond donors (Lipinski definition) is 1. The largest absolute Gasteiger partial charge is 0.352 e. The van der Waals surface area contributed by atoms with Crippen molar-refractivity contribution in [3.63, 3.8) is 0 Å². The molecule has 1 heterocycles. The third-order valence-corrected chi connectivity index (χ3v) is 5.73. The highest BCUT2D eigenvalue weighted by Gasteiger charge is 2.22. The van der Waals surface area contributed by atoms with Crippen molar-refractivity contribution in [2.24, 2.45) is 0 Å². The van der Waals surface area contributed by atoms with Crippen molar-refractivity contribution in [3.05, 3.63) is 65.2 Å². The Morgan fingerprint density at radius 3 is 2.22 bits per heavy atom. The molecule has 1 N–H and O–H groups in total. The van der Waals surface area contributed by atoms with Crippen molar-refractivity contribution in [2.75, 3.05) is 12.8 Å². The molecule has 0 spiro atoms. The number of nitrogens with zero attached hydrogens (tertiary/aromatic N) is 1. The fraction of sp³-hybridized carbons (Fsp3) is 0.300. The molecule has 0 aromatic heterocycles. The van der Waals surface area contributed by atoms with Crippen LogP contribution in [0.5, 0.6) is 0 Å². The average molecular weight is 386 g/mol. The molecule has 0 fully saturated rings. The summed E-state index contributed by atoms with van der Waals surface area (Å²) in [5, 5.41) is 2.70. The van der Waals surface area contributed by atoms with Crippen LogP contribution in [0.15, 0.2) is 53.4 Å². The molecule has 2 aromatic rings. The molecule has 2 amide bonds. The van der Waals surface area contributed by atoms with Crippen molar-refractivity contribution >= 4 is 21.7 Å². The highest BCUT2D eigenvalue weighted by atomic mass is 32.2. The van der Waals surface area contributed by atoms with Gasteiger partial charge in [-0.3, -0.25) is 9.59 Å². The second-order valence-electron chi connectivity index (χ2n) is 6.65. The Bertz CT molecular complexity index is 944. The molecule has 3 rings (SSSR count). The second kappa shape index (κ2) is 7.92. The first kappa shape index (κ1) is 19.1. The van der Waals surface area contributed by atoms with Gasteiger partial charge < -0.3 is 10.2 Å². The van der Waals surface area contributed by atoms with Gasteiger partial charge in [-0.1, -0.05) is 36.4 Å². The number of amides is 2. The van der Waals surface area contributed by atoms with E-state index in [0.717, 1.165) is 6.26 Å². The molecule has 142 valence electrons. The van der Waals surface area contributed by atoms with Gasteiger partial charge in [-0.25, -0.2) is 8.42 Å². The summed E-state index contributed by atoms with van der Waals surface area (Å²) in [6.45, 7) is 1.57. The lowest BCUT2D eigenvalue weighted by molar-refractivity contribution is -0.131. The summed E-state index contributed by atoms with van der Waals surface area (Å²) in [6.07, 6.45) is 1.91. The van der Waals surface area contributed by atoms with Gasteiger partial charge in [-0.15, -0.1) is 0 Å². The number of rotatable bonds is 6. The second-order valence-corrected chi connectivity index (χ2v) is 8.63. The van der Waals surface area contributed by atoms with Crippen molar-refractivity contribution in [2.45, 2.75) is 30.8 Å². The van der Waals surface area contributed by atoms with Crippen molar-refractivity contribution in [3.8, 4) is 0 Å². The first-order chi connectivity index (χ1) is 12.9. The lowest BCUT2D eigenvalue weighted by atomic mass is 10.1. The van der Waals surface area contributed by atoms with E-state index in [1.807, 2.05) is 29.2 Å². The molecule has 0 atom stereocenters. The maximum Gasteiger partial charge on any atom is 0.252 e. The van der Waals surface area contributed by atoms with Crippen LogP contribution in [0.1, 0.15) is 34.3 Å². The van der Waals surface area contributed by atoms with Crippen LogP contribution < -0.4 is 5.32 Å². The molecular weight excluding hydrogens is 364 g/mol. The minimum absolute atomic E-state index is 0.00778. The van der Waals surface area contributed by atoms with E-state index in [-0.39, 0.29) is 16.4 Å². The molecule has 2 aromatic carbocycles. The van der Waals surface area contributed by atoms with Gasteiger partial charge in [0.1, 0.15) is 0 Å². The Morgan fingerprint density at radius 2 is 1.59 bits per heavy atom. The predicted octanol–water partition coefficient (Wildman–Crippen LogP) is 2.14. The molecule has 0 bridgehead atoms.